The van der Waals surface area contributed by atoms with Crippen molar-refractivity contribution in [3.63, 3.8) is 0 Å². The fourth-order valence-corrected chi connectivity index (χ4v) is 5.60. The Morgan fingerprint density at radius 3 is 2.24 bits per heavy atom. The first-order valence-electron chi connectivity index (χ1n) is 12.7. The molecule has 0 bridgehead atoms. The number of ether oxygens (including phenoxy) is 6. The van der Waals surface area contributed by atoms with E-state index in [1.54, 1.807) is 50.3 Å². The third-order valence-corrected chi connectivity index (χ3v) is 7.34. The number of allylic oxidation sites excluding steroid dienone is 1. The molecule has 0 spiro atoms. The van der Waals surface area contributed by atoms with Crippen LogP contribution in [0.25, 0.3) is 6.08 Å². The normalized spacial score (nSPS) is 14.5. The topological polar surface area (TPSA) is 144 Å². The maximum Gasteiger partial charge on any atom is 0.341 e. The molecule has 0 aliphatic carbocycles. The van der Waals surface area contributed by atoms with Crippen LogP contribution in [0.2, 0.25) is 0 Å². The zero-order chi connectivity index (χ0) is 30.6. The molecule has 1 aliphatic rings. The van der Waals surface area contributed by atoms with Crippen LogP contribution in [0.5, 0.6) is 28.7 Å². The van der Waals surface area contributed by atoms with Gasteiger partial charge in [-0.3, -0.25) is 9.36 Å². The molecular formula is C29H30N2O10S. The Labute approximate surface area is 244 Å². The number of carboxylic acids is 1. The Balaban J connectivity index is 1.93. The summed E-state index contributed by atoms with van der Waals surface area (Å²) in [5, 5.41) is 8.92. The van der Waals surface area contributed by atoms with E-state index < -0.39 is 30.1 Å². The maximum absolute atomic E-state index is 14.0. The molecule has 222 valence electrons. The molecule has 0 fully saturated rings. The highest BCUT2D eigenvalue weighted by molar-refractivity contribution is 7.07. The summed E-state index contributed by atoms with van der Waals surface area (Å²) in [7, 11) is 5.87. The third-order valence-electron chi connectivity index (χ3n) is 6.36. The van der Waals surface area contributed by atoms with E-state index in [9.17, 15) is 14.4 Å². The lowest BCUT2D eigenvalue weighted by Crippen LogP contribution is -2.40. The fraction of sp³-hybridized carbons (Fsp3) is 0.310. The molecule has 0 saturated carbocycles. The number of nitrogens with zero attached hydrogens (tertiary/aromatic N) is 2. The van der Waals surface area contributed by atoms with Crippen LogP contribution in [0.4, 0.5) is 0 Å². The van der Waals surface area contributed by atoms with Crippen molar-refractivity contribution < 1.29 is 43.1 Å². The smallest absolute Gasteiger partial charge is 0.341 e. The Bertz CT molecular complexity index is 1710. The molecular weight excluding hydrogens is 568 g/mol. The lowest BCUT2D eigenvalue weighted by atomic mass is 9.95. The second kappa shape index (κ2) is 12.8. The van der Waals surface area contributed by atoms with E-state index in [0.29, 0.717) is 49.2 Å². The van der Waals surface area contributed by atoms with Crippen LogP contribution in [0.1, 0.15) is 31.0 Å². The number of benzene rings is 2. The minimum absolute atomic E-state index is 0.135. The minimum Gasteiger partial charge on any atom is -0.493 e. The summed E-state index contributed by atoms with van der Waals surface area (Å²) >= 11 is 1.15. The molecule has 4 rings (SSSR count). The van der Waals surface area contributed by atoms with Gasteiger partial charge in [-0.25, -0.2) is 14.6 Å². The van der Waals surface area contributed by atoms with Crippen molar-refractivity contribution in [1.82, 2.24) is 4.57 Å². The number of aliphatic carboxylic acids is 1. The Hall–Kier alpha value is -4.78. The predicted octanol–water partition coefficient (Wildman–Crippen LogP) is 2.30. The van der Waals surface area contributed by atoms with Crippen molar-refractivity contribution in [2.75, 3.05) is 41.7 Å². The van der Waals surface area contributed by atoms with Crippen molar-refractivity contribution in [2.45, 2.75) is 19.9 Å². The highest BCUT2D eigenvalue weighted by atomic mass is 32.1. The molecule has 1 aliphatic heterocycles. The summed E-state index contributed by atoms with van der Waals surface area (Å²) in [6.45, 7) is 2.99. The van der Waals surface area contributed by atoms with Crippen LogP contribution in [-0.2, 0) is 14.3 Å². The number of aromatic nitrogens is 1. The van der Waals surface area contributed by atoms with E-state index in [4.69, 9.17) is 33.5 Å². The van der Waals surface area contributed by atoms with Gasteiger partial charge in [0.2, 0.25) is 5.75 Å². The second-order valence-corrected chi connectivity index (χ2v) is 9.86. The highest BCUT2D eigenvalue weighted by Gasteiger charge is 2.34. The molecule has 0 saturated heterocycles. The summed E-state index contributed by atoms with van der Waals surface area (Å²) in [5.74, 6) is -0.119. The number of fused-ring (bicyclic) bond motifs is 1. The van der Waals surface area contributed by atoms with E-state index in [1.165, 1.54) is 33.0 Å². The summed E-state index contributed by atoms with van der Waals surface area (Å²) in [6.07, 6.45) is 1.66. The van der Waals surface area contributed by atoms with Gasteiger partial charge >= 0.3 is 11.9 Å². The zero-order valence-corrected chi connectivity index (χ0v) is 24.7. The zero-order valence-electron chi connectivity index (χ0n) is 23.9. The molecule has 1 atom stereocenters. The van der Waals surface area contributed by atoms with Crippen molar-refractivity contribution in [2.24, 2.45) is 4.99 Å². The average molecular weight is 599 g/mol. The van der Waals surface area contributed by atoms with Crippen LogP contribution in [0, 0.1) is 0 Å². The Kier molecular flexibility index (Phi) is 9.21. The molecule has 12 nitrogen and oxygen atoms in total. The molecule has 13 heteroatoms. The Morgan fingerprint density at radius 1 is 1.00 bits per heavy atom. The SMILES string of the molecule is CCOC(=O)C1=C(C)N=c2s/c(=C\c3ccc(OCC(=O)O)c(OC)c3)c(=O)n2[C@H]1c1cc(OC)c(OC)c(OC)c1. The summed E-state index contributed by atoms with van der Waals surface area (Å²) in [5.41, 5.74) is 1.34. The van der Waals surface area contributed by atoms with E-state index in [2.05, 4.69) is 4.99 Å². The number of hydrogen-bond donors (Lipinski definition) is 1. The average Bonchev–Trinajstić information content (AvgIpc) is 3.28. The molecule has 1 N–H and O–H groups in total. The number of methoxy groups -OCH3 is 4. The number of rotatable bonds is 11. The quantitative estimate of drug-likeness (QED) is 0.327. The fourth-order valence-electron chi connectivity index (χ4n) is 4.55. The van der Waals surface area contributed by atoms with E-state index >= 15 is 0 Å². The van der Waals surface area contributed by atoms with Crippen LogP contribution in [-0.4, -0.2) is 63.3 Å². The van der Waals surface area contributed by atoms with E-state index in [1.807, 2.05) is 0 Å². The summed E-state index contributed by atoms with van der Waals surface area (Å²) < 4.78 is 34.3. The largest absolute Gasteiger partial charge is 0.493 e. The van der Waals surface area contributed by atoms with Gasteiger partial charge in [0.15, 0.2) is 34.4 Å². The van der Waals surface area contributed by atoms with Gasteiger partial charge in [0.25, 0.3) is 5.56 Å². The van der Waals surface area contributed by atoms with Gasteiger partial charge in [0.1, 0.15) is 0 Å². The monoisotopic (exact) mass is 598 g/mol. The standard InChI is InChI=1S/C29H30N2O10S/c1-7-40-28(35)24-15(2)30-29-31(25(24)17-12-20(37-4)26(39-6)21(13-17)38-5)27(34)22(42-29)11-16-8-9-18(19(10-16)36-3)41-14-23(32)33/h8-13,25H,7,14H2,1-6H3,(H,32,33)/b22-11-/t25-/m0/s1. The molecule has 3 aromatic rings. The number of carbonyl (C=O) groups excluding carboxylic acids is 1. The molecule has 0 unspecified atom stereocenters. The van der Waals surface area contributed by atoms with Crippen LogP contribution in [0.15, 0.2) is 51.4 Å². The number of carboxylic acid groups (broad SMARTS) is 1. The lowest BCUT2D eigenvalue weighted by Gasteiger charge is -2.26. The van der Waals surface area contributed by atoms with Gasteiger partial charge in [-0.15, -0.1) is 0 Å². The van der Waals surface area contributed by atoms with Gasteiger partial charge in [0.05, 0.1) is 56.9 Å². The molecule has 0 amide bonds. The summed E-state index contributed by atoms with van der Waals surface area (Å²) in [6, 6.07) is 7.32. The van der Waals surface area contributed by atoms with Gasteiger partial charge in [-0.2, -0.15) is 0 Å². The number of thiazole rings is 1. The number of carbonyl (C=O) groups is 2. The van der Waals surface area contributed by atoms with Gasteiger partial charge in [0, 0.05) is 0 Å². The van der Waals surface area contributed by atoms with Gasteiger partial charge < -0.3 is 33.5 Å². The minimum atomic E-state index is -1.12. The van der Waals surface area contributed by atoms with Crippen LogP contribution >= 0.6 is 11.3 Å². The molecule has 2 aromatic carbocycles. The molecule has 1 aromatic heterocycles. The van der Waals surface area contributed by atoms with Crippen molar-refractivity contribution >= 4 is 29.4 Å². The van der Waals surface area contributed by atoms with Crippen LogP contribution in [0.3, 0.4) is 0 Å². The van der Waals surface area contributed by atoms with Crippen molar-refractivity contribution in [1.29, 1.82) is 0 Å². The molecule has 2 heterocycles. The highest BCUT2D eigenvalue weighted by Crippen LogP contribution is 2.42. The maximum atomic E-state index is 14.0. The first-order valence-corrected chi connectivity index (χ1v) is 13.5. The molecule has 0 radical (unpaired) electrons. The van der Waals surface area contributed by atoms with Crippen molar-refractivity contribution in [3.8, 4) is 28.7 Å². The number of esters is 1. The summed E-state index contributed by atoms with van der Waals surface area (Å²) in [4.78, 5) is 43.1. The third kappa shape index (κ3) is 5.81. The van der Waals surface area contributed by atoms with Crippen LogP contribution < -0.4 is 38.6 Å². The van der Waals surface area contributed by atoms with E-state index in [-0.39, 0.29) is 17.9 Å². The predicted molar refractivity (Wildman–Crippen MR) is 153 cm³/mol. The first kappa shape index (κ1) is 30.2. The lowest BCUT2D eigenvalue weighted by molar-refractivity contribution is -0.140. The Morgan fingerprint density at radius 2 is 1.67 bits per heavy atom. The first-order chi connectivity index (χ1) is 20.2. The number of hydrogen-bond acceptors (Lipinski definition) is 11. The molecule has 42 heavy (non-hydrogen) atoms. The van der Waals surface area contributed by atoms with Gasteiger partial charge in [-0.05, 0) is 55.3 Å². The van der Waals surface area contributed by atoms with Crippen molar-refractivity contribution in [3.05, 3.63) is 72.4 Å². The van der Waals surface area contributed by atoms with E-state index in [0.717, 1.165) is 11.3 Å². The van der Waals surface area contributed by atoms with Gasteiger partial charge in [-0.1, -0.05) is 17.4 Å². The second-order valence-electron chi connectivity index (χ2n) is 8.85.